The molecule has 1 nitrogen and oxygen atoms in total. The Morgan fingerprint density at radius 1 is 0.750 bits per heavy atom. The van der Waals surface area contributed by atoms with Crippen LogP contribution in [0, 0.1) is 0 Å². The second-order valence-electron chi connectivity index (χ2n) is 6.51. The van der Waals surface area contributed by atoms with Gasteiger partial charge in [-0.3, -0.25) is 0 Å². The van der Waals surface area contributed by atoms with Crippen LogP contribution in [0.5, 0.6) is 5.75 Å². The van der Waals surface area contributed by atoms with Gasteiger partial charge >= 0.3 is 0 Å². The van der Waals surface area contributed by atoms with Crippen LogP contribution < -0.4 is 4.74 Å². The number of unbranched alkanes of at least 4 members (excludes halogenated alkanes) is 6. The van der Waals surface area contributed by atoms with Gasteiger partial charge in [-0.2, -0.15) is 0 Å². The zero-order chi connectivity index (χ0) is 17.0. The van der Waals surface area contributed by atoms with E-state index in [9.17, 15) is 0 Å². The van der Waals surface area contributed by atoms with Gasteiger partial charge in [-0.25, -0.2) is 0 Å². The van der Waals surface area contributed by atoms with Crippen LogP contribution in [-0.2, 0) is 6.42 Å². The first-order valence-electron chi connectivity index (χ1n) is 9.65. The van der Waals surface area contributed by atoms with Gasteiger partial charge in [-0.05, 0) is 61.2 Å². The third-order valence-electron chi connectivity index (χ3n) is 4.34. The molecular formula is C22H32OS. The molecule has 0 saturated heterocycles. The monoisotopic (exact) mass is 344 g/mol. The quantitative estimate of drug-likeness (QED) is 0.362. The fourth-order valence-electron chi connectivity index (χ4n) is 2.83. The van der Waals surface area contributed by atoms with Crippen LogP contribution in [0.2, 0.25) is 0 Å². The first-order chi connectivity index (χ1) is 11.8. The molecule has 0 bridgehead atoms. The van der Waals surface area contributed by atoms with Crippen molar-refractivity contribution < 1.29 is 4.74 Å². The van der Waals surface area contributed by atoms with E-state index in [1.807, 2.05) is 11.3 Å². The molecule has 2 aromatic rings. The lowest BCUT2D eigenvalue weighted by atomic mass is 10.1. The third-order valence-corrected chi connectivity index (χ3v) is 5.54. The molecule has 1 heterocycles. The molecule has 0 aliphatic carbocycles. The molecular weight excluding hydrogens is 312 g/mol. The summed E-state index contributed by atoms with van der Waals surface area (Å²) in [4.78, 5) is 2.87. The molecule has 0 radical (unpaired) electrons. The maximum atomic E-state index is 5.85. The molecule has 2 heteroatoms. The smallest absolute Gasteiger partial charge is 0.119 e. The highest BCUT2D eigenvalue weighted by atomic mass is 32.1. The van der Waals surface area contributed by atoms with Crippen molar-refractivity contribution in [3.05, 3.63) is 41.3 Å². The number of thiophene rings is 1. The molecule has 0 spiro atoms. The summed E-state index contributed by atoms with van der Waals surface area (Å²) in [5.41, 5.74) is 1.30. The molecule has 0 aliphatic heterocycles. The number of benzene rings is 1. The van der Waals surface area contributed by atoms with Crippen LogP contribution >= 0.6 is 11.3 Å². The van der Waals surface area contributed by atoms with Gasteiger partial charge in [0.2, 0.25) is 0 Å². The highest BCUT2D eigenvalue weighted by Gasteiger charge is 2.04. The van der Waals surface area contributed by atoms with Gasteiger partial charge in [-0.1, -0.05) is 52.4 Å². The average molecular weight is 345 g/mol. The maximum Gasteiger partial charge on any atom is 0.119 e. The molecule has 132 valence electrons. The summed E-state index contributed by atoms with van der Waals surface area (Å²) in [6, 6.07) is 13.1. The van der Waals surface area contributed by atoms with Gasteiger partial charge in [0.15, 0.2) is 0 Å². The van der Waals surface area contributed by atoms with E-state index in [0.29, 0.717) is 0 Å². The van der Waals surface area contributed by atoms with Crippen molar-refractivity contribution in [2.24, 2.45) is 0 Å². The molecule has 0 fully saturated rings. The Morgan fingerprint density at radius 2 is 1.46 bits per heavy atom. The van der Waals surface area contributed by atoms with Crippen LogP contribution in [0.15, 0.2) is 36.4 Å². The average Bonchev–Trinajstić information content (AvgIpc) is 3.08. The molecule has 2 rings (SSSR count). The normalized spacial score (nSPS) is 10.9. The van der Waals surface area contributed by atoms with Crippen LogP contribution in [0.3, 0.4) is 0 Å². The molecule has 1 aromatic carbocycles. The number of rotatable bonds is 12. The molecule has 0 unspecified atom stereocenters. The first-order valence-corrected chi connectivity index (χ1v) is 10.5. The Balaban J connectivity index is 1.77. The molecule has 0 amide bonds. The summed E-state index contributed by atoms with van der Waals surface area (Å²) in [7, 11) is 0. The summed E-state index contributed by atoms with van der Waals surface area (Å²) in [6.45, 7) is 5.35. The zero-order valence-corrected chi connectivity index (χ0v) is 16.2. The molecule has 0 atom stereocenters. The standard InChI is InChI=1S/C22H32OS/c1-3-5-7-8-10-18-23-20-14-12-19(13-15-20)22-17-16-21(24-22)11-9-6-4-2/h12-17H,3-11,18H2,1-2H3. The topological polar surface area (TPSA) is 9.23 Å². The molecule has 0 aliphatic rings. The summed E-state index contributed by atoms with van der Waals surface area (Å²) in [5.74, 6) is 0.994. The van der Waals surface area contributed by atoms with E-state index in [2.05, 4.69) is 50.2 Å². The van der Waals surface area contributed by atoms with E-state index in [1.54, 1.807) is 0 Å². The first kappa shape index (κ1) is 19.1. The van der Waals surface area contributed by atoms with Crippen LogP contribution in [0.1, 0.15) is 70.1 Å². The Kier molecular flexibility index (Phi) is 8.97. The summed E-state index contributed by atoms with van der Waals surface area (Å²) < 4.78 is 5.85. The number of ether oxygens (including phenoxy) is 1. The Hall–Kier alpha value is -1.28. The SMILES string of the molecule is CCCCCCCOc1ccc(-c2ccc(CCCCC)s2)cc1. The summed E-state index contributed by atoms with van der Waals surface area (Å²) >= 11 is 1.93. The van der Waals surface area contributed by atoms with Gasteiger partial charge in [0.1, 0.15) is 5.75 Å². The maximum absolute atomic E-state index is 5.85. The van der Waals surface area contributed by atoms with E-state index in [-0.39, 0.29) is 0 Å². The molecule has 24 heavy (non-hydrogen) atoms. The zero-order valence-electron chi connectivity index (χ0n) is 15.4. The summed E-state index contributed by atoms with van der Waals surface area (Å²) in [6.07, 6.45) is 11.6. The second-order valence-corrected chi connectivity index (χ2v) is 7.68. The Labute approximate surface area is 152 Å². The number of hydrogen-bond acceptors (Lipinski definition) is 2. The van der Waals surface area contributed by atoms with Crippen molar-refractivity contribution in [3.63, 3.8) is 0 Å². The van der Waals surface area contributed by atoms with E-state index in [0.717, 1.165) is 18.8 Å². The number of aryl methyl sites for hydroxylation is 1. The lowest BCUT2D eigenvalue weighted by Gasteiger charge is -2.06. The predicted molar refractivity (Wildman–Crippen MR) is 107 cm³/mol. The Bertz CT molecular complexity index is 556. The minimum atomic E-state index is 0.837. The lowest BCUT2D eigenvalue weighted by Crippen LogP contribution is -1.97. The van der Waals surface area contributed by atoms with E-state index in [4.69, 9.17) is 4.74 Å². The van der Waals surface area contributed by atoms with Crippen molar-refractivity contribution in [2.45, 2.75) is 71.6 Å². The second kappa shape index (κ2) is 11.3. The van der Waals surface area contributed by atoms with Gasteiger partial charge in [0.05, 0.1) is 6.61 Å². The largest absolute Gasteiger partial charge is 0.494 e. The lowest BCUT2D eigenvalue weighted by molar-refractivity contribution is 0.304. The minimum Gasteiger partial charge on any atom is -0.494 e. The highest BCUT2D eigenvalue weighted by molar-refractivity contribution is 7.15. The van der Waals surface area contributed by atoms with Crippen LogP contribution in [0.25, 0.3) is 10.4 Å². The highest BCUT2D eigenvalue weighted by Crippen LogP contribution is 2.30. The van der Waals surface area contributed by atoms with Crippen LogP contribution in [-0.4, -0.2) is 6.61 Å². The molecule has 1 aromatic heterocycles. The van der Waals surface area contributed by atoms with Crippen molar-refractivity contribution in [3.8, 4) is 16.2 Å². The van der Waals surface area contributed by atoms with Gasteiger partial charge in [0, 0.05) is 9.75 Å². The van der Waals surface area contributed by atoms with Gasteiger partial charge < -0.3 is 4.74 Å². The summed E-state index contributed by atoms with van der Waals surface area (Å²) in [5, 5.41) is 0. The van der Waals surface area contributed by atoms with Crippen molar-refractivity contribution in [1.82, 2.24) is 0 Å². The van der Waals surface area contributed by atoms with Crippen LogP contribution in [0.4, 0.5) is 0 Å². The minimum absolute atomic E-state index is 0.837. The predicted octanol–water partition coefficient (Wildman–Crippen LogP) is 7.50. The van der Waals surface area contributed by atoms with Gasteiger partial charge in [0.25, 0.3) is 0 Å². The van der Waals surface area contributed by atoms with Crippen molar-refractivity contribution >= 4 is 11.3 Å². The van der Waals surface area contributed by atoms with Crippen molar-refractivity contribution in [1.29, 1.82) is 0 Å². The fraction of sp³-hybridized carbons (Fsp3) is 0.545. The number of hydrogen-bond donors (Lipinski definition) is 0. The van der Waals surface area contributed by atoms with E-state index >= 15 is 0 Å². The van der Waals surface area contributed by atoms with Crippen molar-refractivity contribution in [2.75, 3.05) is 6.61 Å². The third kappa shape index (κ3) is 6.68. The van der Waals surface area contributed by atoms with E-state index in [1.165, 1.54) is 66.7 Å². The fourth-order valence-corrected chi connectivity index (χ4v) is 3.88. The molecule has 0 saturated carbocycles. The molecule has 0 N–H and O–H groups in total. The Morgan fingerprint density at radius 3 is 2.21 bits per heavy atom. The van der Waals surface area contributed by atoms with E-state index < -0.39 is 0 Å². The van der Waals surface area contributed by atoms with Gasteiger partial charge in [-0.15, -0.1) is 11.3 Å².